The van der Waals surface area contributed by atoms with E-state index in [2.05, 4.69) is 5.32 Å². The molecule has 1 aromatic rings. The van der Waals surface area contributed by atoms with Gasteiger partial charge in [0.15, 0.2) is 0 Å². The van der Waals surface area contributed by atoms with Crippen LogP contribution in [0.5, 0.6) is 0 Å². The first-order valence-electron chi connectivity index (χ1n) is 6.91. The van der Waals surface area contributed by atoms with Crippen LogP contribution in [-0.2, 0) is 0 Å². The SMILES string of the molecule is Cc1cc(Cl)c(C(=O)N(C)CC2CCCNC2)cc1F. The molecule has 1 aliphatic rings. The van der Waals surface area contributed by atoms with Gasteiger partial charge >= 0.3 is 0 Å². The maximum absolute atomic E-state index is 13.6. The lowest BCUT2D eigenvalue weighted by molar-refractivity contribution is 0.0764. The number of rotatable bonds is 3. The number of amides is 1. The summed E-state index contributed by atoms with van der Waals surface area (Å²) < 4.78 is 13.6. The molecule has 1 N–H and O–H groups in total. The van der Waals surface area contributed by atoms with E-state index in [0.717, 1.165) is 25.9 Å². The van der Waals surface area contributed by atoms with E-state index in [4.69, 9.17) is 11.6 Å². The lowest BCUT2D eigenvalue weighted by Crippen LogP contribution is -2.39. The number of carbonyl (C=O) groups is 1. The van der Waals surface area contributed by atoms with Gasteiger partial charge in [-0.3, -0.25) is 4.79 Å². The van der Waals surface area contributed by atoms with Crippen LogP contribution in [0.1, 0.15) is 28.8 Å². The Kier molecular flexibility index (Phi) is 5.00. The summed E-state index contributed by atoms with van der Waals surface area (Å²) in [5.41, 5.74) is 0.687. The Labute approximate surface area is 124 Å². The lowest BCUT2D eigenvalue weighted by Gasteiger charge is -2.28. The van der Waals surface area contributed by atoms with Gasteiger partial charge in [-0.05, 0) is 56.5 Å². The van der Waals surface area contributed by atoms with Crippen LogP contribution in [0.15, 0.2) is 12.1 Å². The first-order chi connectivity index (χ1) is 9.49. The topological polar surface area (TPSA) is 32.3 Å². The van der Waals surface area contributed by atoms with Gasteiger partial charge in [0.05, 0.1) is 10.6 Å². The van der Waals surface area contributed by atoms with Gasteiger partial charge in [0.25, 0.3) is 5.91 Å². The summed E-state index contributed by atoms with van der Waals surface area (Å²) >= 11 is 6.06. The molecule has 1 saturated heterocycles. The molecule has 5 heteroatoms. The quantitative estimate of drug-likeness (QED) is 0.930. The van der Waals surface area contributed by atoms with Crippen LogP contribution in [0.3, 0.4) is 0 Å². The van der Waals surface area contributed by atoms with Crippen molar-refractivity contribution in [3.63, 3.8) is 0 Å². The average Bonchev–Trinajstić information content (AvgIpc) is 2.43. The van der Waals surface area contributed by atoms with Crippen molar-refractivity contribution < 1.29 is 9.18 Å². The van der Waals surface area contributed by atoms with Crippen LogP contribution in [0, 0.1) is 18.7 Å². The summed E-state index contributed by atoms with van der Waals surface area (Å²) in [4.78, 5) is 14.0. The molecule has 110 valence electrons. The molecule has 0 aromatic heterocycles. The molecule has 1 unspecified atom stereocenters. The molecule has 0 saturated carbocycles. The van der Waals surface area contributed by atoms with Crippen LogP contribution < -0.4 is 5.32 Å². The van der Waals surface area contributed by atoms with E-state index in [1.165, 1.54) is 12.1 Å². The van der Waals surface area contributed by atoms with Crippen LogP contribution in [-0.4, -0.2) is 37.5 Å². The van der Waals surface area contributed by atoms with Crippen molar-refractivity contribution >= 4 is 17.5 Å². The fourth-order valence-electron chi connectivity index (χ4n) is 2.57. The number of benzene rings is 1. The number of aryl methyl sites for hydroxylation is 1. The van der Waals surface area contributed by atoms with Gasteiger partial charge in [0.1, 0.15) is 5.82 Å². The van der Waals surface area contributed by atoms with Gasteiger partial charge in [-0.25, -0.2) is 4.39 Å². The van der Waals surface area contributed by atoms with Gasteiger partial charge in [-0.15, -0.1) is 0 Å². The number of carbonyl (C=O) groups excluding carboxylic acids is 1. The largest absolute Gasteiger partial charge is 0.341 e. The monoisotopic (exact) mass is 298 g/mol. The number of hydrogen-bond acceptors (Lipinski definition) is 2. The van der Waals surface area contributed by atoms with Crippen molar-refractivity contribution in [1.82, 2.24) is 10.2 Å². The summed E-state index contributed by atoms with van der Waals surface area (Å²) in [5, 5.41) is 3.63. The minimum Gasteiger partial charge on any atom is -0.341 e. The van der Waals surface area contributed by atoms with Crippen molar-refractivity contribution in [3.8, 4) is 0 Å². The first kappa shape index (κ1) is 15.3. The molecule has 0 aliphatic carbocycles. The molecule has 1 fully saturated rings. The molecule has 1 aromatic carbocycles. The highest BCUT2D eigenvalue weighted by molar-refractivity contribution is 6.33. The van der Waals surface area contributed by atoms with Gasteiger partial charge in [-0.1, -0.05) is 11.6 Å². The van der Waals surface area contributed by atoms with Gasteiger partial charge in [0, 0.05) is 13.6 Å². The number of piperidine rings is 1. The van der Waals surface area contributed by atoms with E-state index >= 15 is 0 Å². The third kappa shape index (κ3) is 3.49. The van der Waals surface area contributed by atoms with Gasteiger partial charge < -0.3 is 10.2 Å². The molecule has 1 aliphatic heterocycles. The normalized spacial score (nSPS) is 18.9. The molecule has 0 radical (unpaired) electrons. The second-order valence-electron chi connectivity index (χ2n) is 5.48. The second kappa shape index (κ2) is 6.55. The predicted molar refractivity (Wildman–Crippen MR) is 78.7 cm³/mol. The van der Waals surface area contributed by atoms with Crippen molar-refractivity contribution in [2.24, 2.45) is 5.92 Å². The highest BCUT2D eigenvalue weighted by Gasteiger charge is 2.21. The van der Waals surface area contributed by atoms with Crippen molar-refractivity contribution in [3.05, 3.63) is 34.1 Å². The molecule has 0 spiro atoms. The maximum Gasteiger partial charge on any atom is 0.255 e. The fraction of sp³-hybridized carbons (Fsp3) is 0.533. The fourth-order valence-corrected chi connectivity index (χ4v) is 2.86. The minimum atomic E-state index is -0.398. The zero-order valence-corrected chi connectivity index (χ0v) is 12.6. The molecule has 2 rings (SSSR count). The number of hydrogen-bond donors (Lipinski definition) is 1. The zero-order chi connectivity index (χ0) is 14.7. The molecule has 1 amide bonds. The number of nitrogens with one attached hydrogen (secondary N) is 1. The van der Waals surface area contributed by atoms with E-state index < -0.39 is 5.82 Å². The number of halogens is 2. The standard InChI is InChI=1S/C15H20ClFN2O/c1-10-6-13(16)12(7-14(10)17)15(20)19(2)9-11-4-3-5-18-8-11/h6-7,11,18H,3-5,8-9H2,1-2H3. The van der Waals surface area contributed by atoms with Crippen LogP contribution >= 0.6 is 11.6 Å². The molecule has 3 nitrogen and oxygen atoms in total. The van der Waals surface area contributed by atoms with Crippen LogP contribution in [0.25, 0.3) is 0 Å². The third-order valence-corrected chi connectivity index (χ3v) is 4.07. The Morgan fingerprint density at radius 2 is 2.30 bits per heavy atom. The van der Waals surface area contributed by atoms with Crippen LogP contribution in [0.2, 0.25) is 5.02 Å². The van der Waals surface area contributed by atoms with Crippen molar-refractivity contribution in [2.75, 3.05) is 26.7 Å². The highest BCUT2D eigenvalue weighted by atomic mass is 35.5. The Morgan fingerprint density at radius 3 is 2.95 bits per heavy atom. The summed E-state index contributed by atoms with van der Waals surface area (Å²) in [6.07, 6.45) is 2.24. The zero-order valence-electron chi connectivity index (χ0n) is 11.9. The van der Waals surface area contributed by atoms with Crippen molar-refractivity contribution in [1.29, 1.82) is 0 Å². The maximum atomic E-state index is 13.6. The smallest absolute Gasteiger partial charge is 0.255 e. The van der Waals surface area contributed by atoms with Crippen LogP contribution in [0.4, 0.5) is 4.39 Å². The van der Waals surface area contributed by atoms with E-state index in [1.54, 1.807) is 18.9 Å². The second-order valence-corrected chi connectivity index (χ2v) is 5.89. The van der Waals surface area contributed by atoms with E-state index in [-0.39, 0.29) is 11.5 Å². The highest BCUT2D eigenvalue weighted by Crippen LogP contribution is 2.22. The Morgan fingerprint density at radius 1 is 1.55 bits per heavy atom. The summed E-state index contributed by atoms with van der Waals surface area (Å²) in [6, 6.07) is 2.73. The van der Waals surface area contributed by atoms with Crippen molar-refractivity contribution in [2.45, 2.75) is 19.8 Å². The molecule has 0 bridgehead atoms. The summed E-state index contributed by atoms with van der Waals surface area (Å²) in [7, 11) is 1.74. The summed E-state index contributed by atoms with van der Waals surface area (Å²) in [6.45, 7) is 4.27. The molecule has 20 heavy (non-hydrogen) atoms. The summed E-state index contributed by atoms with van der Waals surface area (Å²) in [5.74, 6) is -0.170. The Hall–Kier alpha value is -1.13. The molecule has 1 heterocycles. The van der Waals surface area contributed by atoms with E-state index in [0.29, 0.717) is 23.0 Å². The van der Waals surface area contributed by atoms with Gasteiger partial charge in [0.2, 0.25) is 0 Å². The Balaban J connectivity index is 2.08. The lowest BCUT2D eigenvalue weighted by atomic mass is 9.99. The average molecular weight is 299 g/mol. The van der Waals surface area contributed by atoms with Gasteiger partial charge in [-0.2, -0.15) is 0 Å². The third-order valence-electron chi connectivity index (χ3n) is 3.76. The van der Waals surface area contributed by atoms with E-state index in [9.17, 15) is 9.18 Å². The molecular formula is C15H20ClFN2O. The first-order valence-corrected chi connectivity index (χ1v) is 7.28. The number of nitrogens with zero attached hydrogens (tertiary/aromatic N) is 1. The Bertz CT molecular complexity index is 501. The predicted octanol–water partition coefficient (Wildman–Crippen LogP) is 2.86. The van der Waals surface area contributed by atoms with E-state index in [1.807, 2.05) is 0 Å². The molecule has 1 atom stereocenters. The minimum absolute atomic E-state index is 0.223. The molecular weight excluding hydrogens is 279 g/mol.